The van der Waals surface area contributed by atoms with Crippen LogP contribution in [0.15, 0.2) is 28.8 Å². The molecule has 0 saturated heterocycles. The summed E-state index contributed by atoms with van der Waals surface area (Å²) in [6, 6.07) is 7.50. The third-order valence-electron chi connectivity index (χ3n) is 2.77. The number of aliphatic hydroxyl groups is 1. The van der Waals surface area contributed by atoms with Gasteiger partial charge in [0.2, 0.25) is 5.89 Å². The third-order valence-corrected chi connectivity index (χ3v) is 2.77. The van der Waals surface area contributed by atoms with Crippen LogP contribution >= 0.6 is 0 Å². The molecule has 0 radical (unpaired) electrons. The van der Waals surface area contributed by atoms with Gasteiger partial charge in [0.25, 0.3) is 0 Å². The number of aryl methyl sites for hydroxylation is 1. The predicted octanol–water partition coefficient (Wildman–Crippen LogP) is 1.35. The summed E-state index contributed by atoms with van der Waals surface area (Å²) >= 11 is 0. The summed E-state index contributed by atoms with van der Waals surface area (Å²) in [5.41, 5.74) is 8.04. The largest absolute Gasteiger partial charge is 0.391 e. The van der Waals surface area contributed by atoms with E-state index in [2.05, 4.69) is 10.1 Å². The number of nitrogens with two attached hydrogens (primary N) is 1. The highest BCUT2D eigenvalue weighted by molar-refractivity contribution is 5.23. The molecule has 1 aromatic carbocycles. The summed E-state index contributed by atoms with van der Waals surface area (Å²) in [5, 5.41) is 13.2. The molecule has 0 bridgehead atoms. The van der Waals surface area contributed by atoms with E-state index in [1.807, 2.05) is 31.2 Å². The maximum atomic E-state index is 9.35. The normalized spacial score (nSPS) is 14.4. The molecule has 5 heteroatoms. The molecule has 1 heterocycles. The van der Waals surface area contributed by atoms with Gasteiger partial charge in [0.05, 0.1) is 6.10 Å². The maximum Gasteiger partial charge on any atom is 0.246 e. The van der Waals surface area contributed by atoms with Crippen molar-refractivity contribution in [3.63, 3.8) is 0 Å². The second-order valence-corrected chi connectivity index (χ2v) is 4.48. The summed E-state index contributed by atoms with van der Waals surface area (Å²) in [7, 11) is 0. The Balaban J connectivity index is 2.09. The van der Waals surface area contributed by atoms with Crippen LogP contribution in [0.2, 0.25) is 0 Å². The Kier molecular flexibility index (Phi) is 3.74. The molecule has 2 atom stereocenters. The summed E-state index contributed by atoms with van der Waals surface area (Å²) in [4.78, 5) is 4.19. The topological polar surface area (TPSA) is 85.2 Å². The third kappa shape index (κ3) is 2.94. The molecule has 2 aromatic rings. The number of hydrogen-bond donors (Lipinski definition) is 2. The van der Waals surface area contributed by atoms with Gasteiger partial charge < -0.3 is 15.4 Å². The second-order valence-electron chi connectivity index (χ2n) is 4.48. The molecule has 3 N–H and O–H groups in total. The van der Waals surface area contributed by atoms with Gasteiger partial charge in [0.1, 0.15) is 6.04 Å². The standard InChI is InChI=1S/C13H17N3O2/c1-8-3-5-10(6-4-8)7-11-15-13(18-16-11)12(14)9(2)17/h3-6,9,12,17H,7,14H2,1-2H3/t9-,12+/m1/s1. The van der Waals surface area contributed by atoms with Crippen molar-refractivity contribution < 1.29 is 9.63 Å². The molecular formula is C13H17N3O2. The average Bonchev–Trinajstić information content (AvgIpc) is 2.79. The summed E-state index contributed by atoms with van der Waals surface area (Å²) in [6.45, 7) is 3.63. The first-order valence-corrected chi connectivity index (χ1v) is 5.88. The minimum Gasteiger partial charge on any atom is -0.391 e. The number of rotatable bonds is 4. The fraction of sp³-hybridized carbons (Fsp3) is 0.385. The van der Waals surface area contributed by atoms with Gasteiger partial charge in [-0.2, -0.15) is 4.98 Å². The zero-order valence-corrected chi connectivity index (χ0v) is 10.5. The summed E-state index contributed by atoms with van der Waals surface area (Å²) < 4.78 is 5.04. The molecule has 0 amide bonds. The van der Waals surface area contributed by atoms with Crippen molar-refractivity contribution in [1.29, 1.82) is 0 Å². The van der Waals surface area contributed by atoms with Crippen molar-refractivity contribution in [3.8, 4) is 0 Å². The van der Waals surface area contributed by atoms with Gasteiger partial charge in [0, 0.05) is 6.42 Å². The molecule has 0 aliphatic rings. The van der Waals surface area contributed by atoms with Crippen molar-refractivity contribution in [2.45, 2.75) is 32.4 Å². The molecule has 0 aliphatic carbocycles. The van der Waals surface area contributed by atoms with Crippen LogP contribution in [0, 0.1) is 6.92 Å². The Hall–Kier alpha value is -1.72. The average molecular weight is 247 g/mol. The Morgan fingerprint density at radius 3 is 2.61 bits per heavy atom. The number of aliphatic hydroxyl groups excluding tert-OH is 1. The smallest absolute Gasteiger partial charge is 0.246 e. The molecule has 0 fully saturated rings. The van der Waals surface area contributed by atoms with Crippen LogP contribution in [0.25, 0.3) is 0 Å². The lowest BCUT2D eigenvalue weighted by molar-refractivity contribution is 0.146. The van der Waals surface area contributed by atoms with E-state index in [4.69, 9.17) is 10.3 Å². The van der Waals surface area contributed by atoms with Gasteiger partial charge in [-0.25, -0.2) is 0 Å². The van der Waals surface area contributed by atoms with E-state index in [1.54, 1.807) is 6.92 Å². The zero-order chi connectivity index (χ0) is 13.1. The van der Waals surface area contributed by atoms with Crippen LogP contribution in [-0.4, -0.2) is 21.4 Å². The van der Waals surface area contributed by atoms with Crippen LogP contribution in [0.1, 0.15) is 35.8 Å². The predicted molar refractivity (Wildman–Crippen MR) is 66.9 cm³/mol. The van der Waals surface area contributed by atoms with Crippen LogP contribution in [-0.2, 0) is 6.42 Å². The molecular weight excluding hydrogens is 230 g/mol. The first kappa shape index (κ1) is 12.7. The molecule has 0 spiro atoms. The van der Waals surface area contributed by atoms with Crippen molar-refractivity contribution in [2.24, 2.45) is 5.73 Å². The minimum atomic E-state index is -0.710. The van der Waals surface area contributed by atoms with Crippen LogP contribution in [0.4, 0.5) is 0 Å². The van der Waals surface area contributed by atoms with E-state index in [0.29, 0.717) is 12.2 Å². The quantitative estimate of drug-likeness (QED) is 0.851. The van der Waals surface area contributed by atoms with Gasteiger partial charge in [0.15, 0.2) is 5.82 Å². The first-order chi connectivity index (χ1) is 8.56. The molecule has 0 aliphatic heterocycles. The van der Waals surface area contributed by atoms with Crippen molar-refractivity contribution in [3.05, 3.63) is 47.1 Å². The van der Waals surface area contributed by atoms with Crippen LogP contribution < -0.4 is 5.73 Å². The first-order valence-electron chi connectivity index (χ1n) is 5.88. The molecule has 2 rings (SSSR count). The molecule has 5 nitrogen and oxygen atoms in total. The van der Waals surface area contributed by atoms with Gasteiger partial charge in [-0.3, -0.25) is 0 Å². The van der Waals surface area contributed by atoms with E-state index in [0.717, 1.165) is 5.56 Å². The van der Waals surface area contributed by atoms with E-state index in [9.17, 15) is 5.11 Å². The van der Waals surface area contributed by atoms with Crippen molar-refractivity contribution in [2.75, 3.05) is 0 Å². The highest BCUT2D eigenvalue weighted by atomic mass is 16.5. The number of nitrogens with zero attached hydrogens (tertiary/aromatic N) is 2. The van der Waals surface area contributed by atoms with E-state index < -0.39 is 12.1 Å². The minimum absolute atomic E-state index is 0.270. The molecule has 96 valence electrons. The Labute approximate surface area is 106 Å². The molecule has 18 heavy (non-hydrogen) atoms. The summed E-state index contributed by atoms with van der Waals surface area (Å²) in [6.07, 6.45) is -0.117. The molecule has 1 aromatic heterocycles. The van der Waals surface area contributed by atoms with Gasteiger partial charge in [-0.05, 0) is 19.4 Å². The second kappa shape index (κ2) is 5.29. The van der Waals surface area contributed by atoms with Crippen molar-refractivity contribution >= 4 is 0 Å². The fourth-order valence-electron chi connectivity index (χ4n) is 1.57. The van der Waals surface area contributed by atoms with E-state index >= 15 is 0 Å². The lowest BCUT2D eigenvalue weighted by Crippen LogP contribution is -2.23. The number of hydrogen-bond acceptors (Lipinski definition) is 5. The molecule has 0 unspecified atom stereocenters. The van der Waals surface area contributed by atoms with Crippen LogP contribution in [0.5, 0.6) is 0 Å². The Bertz CT molecular complexity index is 505. The lowest BCUT2D eigenvalue weighted by atomic mass is 10.1. The van der Waals surface area contributed by atoms with Gasteiger partial charge in [-0.15, -0.1) is 0 Å². The SMILES string of the molecule is Cc1ccc(Cc2noc([C@@H](N)[C@@H](C)O)n2)cc1. The Morgan fingerprint density at radius 1 is 1.33 bits per heavy atom. The number of aromatic nitrogens is 2. The Morgan fingerprint density at radius 2 is 2.00 bits per heavy atom. The summed E-state index contributed by atoms with van der Waals surface area (Å²) in [5.74, 6) is 0.845. The van der Waals surface area contributed by atoms with Gasteiger partial charge in [-0.1, -0.05) is 35.0 Å². The lowest BCUT2D eigenvalue weighted by Gasteiger charge is -2.08. The maximum absolute atomic E-state index is 9.35. The fourth-order valence-corrected chi connectivity index (χ4v) is 1.57. The van der Waals surface area contributed by atoms with Gasteiger partial charge >= 0.3 is 0 Å². The highest BCUT2D eigenvalue weighted by Crippen LogP contribution is 2.14. The highest BCUT2D eigenvalue weighted by Gasteiger charge is 2.19. The monoisotopic (exact) mass is 247 g/mol. The van der Waals surface area contributed by atoms with E-state index in [1.165, 1.54) is 5.56 Å². The van der Waals surface area contributed by atoms with Crippen LogP contribution in [0.3, 0.4) is 0 Å². The van der Waals surface area contributed by atoms with Crippen molar-refractivity contribution in [1.82, 2.24) is 10.1 Å². The van der Waals surface area contributed by atoms with E-state index in [-0.39, 0.29) is 5.89 Å². The molecule has 0 saturated carbocycles. The zero-order valence-electron chi connectivity index (χ0n) is 10.5. The number of benzene rings is 1.